The van der Waals surface area contributed by atoms with Gasteiger partial charge in [0.1, 0.15) is 45.0 Å². The Balaban J connectivity index is 0.851. The van der Waals surface area contributed by atoms with Gasteiger partial charge < -0.3 is 69.8 Å². The number of fused-ring (bicyclic) bond motifs is 7. The number of phosphoric ester groups is 1. The quantitative estimate of drug-likeness (QED) is 0.0281. The molecule has 1 saturated heterocycles. The highest BCUT2D eigenvalue weighted by Gasteiger charge is 2.59. The molecular weight excluding hydrogens is 1020 g/mol. The van der Waals surface area contributed by atoms with Crippen LogP contribution in [0.4, 0.5) is 23.4 Å². The smallest absolute Gasteiger partial charge is 0.390 e. The van der Waals surface area contributed by atoms with Crippen LogP contribution in [-0.4, -0.2) is 115 Å². The van der Waals surface area contributed by atoms with Gasteiger partial charge in [0.2, 0.25) is 11.9 Å². The first kappa shape index (κ1) is 55.0. The zero-order valence-corrected chi connectivity index (χ0v) is 46.4. The summed E-state index contributed by atoms with van der Waals surface area (Å²) in [4.78, 5) is 31.5. The van der Waals surface area contributed by atoms with Crippen molar-refractivity contribution in [2.75, 3.05) is 55.8 Å². The normalized spacial score (nSPS) is 32.8. The maximum Gasteiger partial charge on any atom is 0.472 e. The molecule has 10 N–H and O–H groups in total. The highest BCUT2D eigenvalue weighted by Crippen LogP contribution is 2.68. The average Bonchev–Trinajstić information content (AvgIpc) is 4.13. The van der Waals surface area contributed by atoms with Gasteiger partial charge >= 0.3 is 16.4 Å². The van der Waals surface area contributed by atoms with E-state index in [1.807, 2.05) is 0 Å². The molecule has 25 heteroatoms. The molecule has 16 atom stereocenters. The number of nitrogens with zero attached hydrogens (tertiary/aromatic N) is 5. The molecule has 6 aliphatic rings. The van der Waals surface area contributed by atoms with Crippen LogP contribution in [0.5, 0.6) is 0 Å². The summed E-state index contributed by atoms with van der Waals surface area (Å²) in [6, 6.07) is 0. The molecule has 15 unspecified atom stereocenters. The Morgan fingerprint density at radius 2 is 1.81 bits per heavy atom. The predicted molar refractivity (Wildman–Crippen MR) is 282 cm³/mol. The summed E-state index contributed by atoms with van der Waals surface area (Å²) in [6.45, 7) is 11.5. The van der Waals surface area contributed by atoms with Crippen molar-refractivity contribution >= 4 is 75.4 Å². The van der Waals surface area contributed by atoms with E-state index >= 15 is 0 Å². The molecule has 3 saturated carbocycles. The number of hydrogen-bond donors (Lipinski definition) is 8. The zero-order valence-electron chi connectivity index (χ0n) is 43.0. The van der Waals surface area contributed by atoms with E-state index in [1.165, 1.54) is 76.0 Å². The highest BCUT2D eigenvalue weighted by molar-refractivity contribution is 7.71. The fraction of sp³-hybridized carbons (Fsp3) is 0.771. The molecule has 0 bridgehead atoms. The number of rotatable bonds is 21. The van der Waals surface area contributed by atoms with Gasteiger partial charge in [-0.15, -0.1) is 0 Å². The van der Waals surface area contributed by atoms with Crippen LogP contribution >= 0.6 is 40.9 Å². The molecule has 0 amide bonds. The summed E-state index contributed by atoms with van der Waals surface area (Å²) in [7, 11) is -4.32. The minimum absolute atomic E-state index is 0.0153. The number of aliphatic hydroxyl groups is 2. The van der Waals surface area contributed by atoms with E-state index in [4.69, 9.17) is 68.0 Å². The number of nitrogens with two attached hydrogens (primary N) is 2. The third-order valence-electron chi connectivity index (χ3n) is 17.5. The number of aromatic nitrogens is 6. The Morgan fingerprint density at radius 1 is 1.04 bits per heavy atom. The second-order valence-corrected chi connectivity index (χ2v) is 25.6. The monoisotopic (exact) mass is 1090 g/mol. The second-order valence-electron chi connectivity index (χ2n) is 22.1. The van der Waals surface area contributed by atoms with Crippen LogP contribution in [0.25, 0.3) is 11.2 Å². The molecule has 406 valence electrons. The third kappa shape index (κ3) is 11.2. The summed E-state index contributed by atoms with van der Waals surface area (Å²) < 4.78 is 58.1. The summed E-state index contributed by atoms with van der Waals surface area (Å²) in [5, 5.41) is 26.4. The number of imidazole rings is 1. The molecule has 3 aromatic heterocycles. The lowest BCUT2D eigenvalue weighted by Crippen LogP contribution is -2.51. The van der Waals surface area contributed by atoms with Crippen molar-refractivity contribution in [3.63, 3.8) is 0 Å². The molecule has 3 aromatic rings. The standard InChI is InChI=1S/C48H76N10O11P2S2/c1-25(2)9-8-10-26(3)30-13-14-31-29-12-11-27-19-28(15-17-47(27,4)32(29)16-18-48(30,31)5)69-71(61,62)66-22-35(63-6)39(44(60)58-24-52-38-41(58)54-46(50)56-43(38)73)68-70(64-7)65-21-34-33(59)20-36(67-34)57-23-51-37-40(57)53-45(49)55-42(37)72/h11,23,25-26,28-36,39,44,52,59-60H,8-10,12-22,24H2,1-7H3,(H,61,62)(H3,49,53,55,72)(H3,50,54,56,73)/t26-,28?,29?,30?,31?,32?,33?,34?,35?,36?,39?,44?,47?,48?,70?/m1/s1. The van der Waals surface area contributed by atoms with Crippen LogP contribution in [0, 0.1) is 55.6 Å². The number of aliphatic hydroxyl groups excluding tert-OH is 2. The van der Waals surface area contributed by atoms with Crippen molar-refractivity contribution in [3.8, 4) is 0 Å². The van der Waals surface area contributed by atoms with Crippen LogP contribution in [0.1, 0.15) is 118 Å². The third-order valence-corrected chi connectivity index (χ3v) is 20.2. The van der Waals surface area contributed by atoms with Crippen molar-refractivity contribution < 1.29 is 51.8 Å². The number of nitrogen functional groups attached to an aromatic ring is 2. The van der Waals surface area contributed by atoms with E-state index in [1.54, 1.807) is 4.57 Å². The number of aromatic amines is 2. The zero-order chi connectivity index (χ0) is 52.1. The number of phosphoric acid groups is 1. The average molecular weight is 1100 g/mol. The number of H-pyrrole nitrogens is 2. The van der Waals surface area contributed by atoms with Crippen LogP contribution in [-0.2, 0) is 36.7 Å². The number of hydrogen-bond acceptors (Lipinski definition) is 19. The minimum Gasteiger partial charge on any atom is -0.390 e. The Morgan fingerprint density at radius 3 is 2.56 bits per heavy atom. The Labute approximate surface area is 438 Å². The second kappa shape index (κ2) is 22.3. The summed E-state index contributed by atoms with van der Waals surface area (Å²) in [5.74, 6) is 4.61. The van der Waals surface area contributed by atoms with E-state index in [-0.39, 0.29) is 47.5 Å². The van der Waals surface area contributed by atoms with Crippen molar-refractivity contribution in [1.82, 2.24) is 29.5 Å². The summed E-state index contributed by atoms with van der Waals surface area (Å²) >= 11 is 10.8. The lowest BCUT2D eigenvalue weighted by molar-refractivity contribution is -0.0906. The van der Waals surface area contributed by atoms with Crippen molar-refractivity contribution in [2.24, 2.45) is 46.3 Å². The molecule has 0 aromatic carbocycles. The maximum atomic E-state index is 13.9. The Kier molecular flexibility index (Phi) is 16.8. The van der Waals surface area contributed by atoms with Gasteiger partial charge in [-0.3, -0.25) is 13.6 Å². The first-order valence-corrected chi connectivity index (χ1v) is 29.3. The molecule has 9 rings (SSSR count). The number of methoxy groups -OCH3 is 1. The van der Waals surface area contributed by atoms with Gasteiger partial charge in [0.25, 0.3) is 0 Å². The van der Waals surface area contributed by atoms with Crippen molar-refractivity contribution in [1.29, 1.82) is 0 Å². The first-order chi connectivity index (χ1) is 34.7. The van der Waals surface area contributed by atoms with E-state index in [0.717, 1.165) is 36.5 Å². The van der Waals surface area contributed by atoms with Crippen molar-refractivity contribution in [3.05, 3.63) is 27.3 Å². The van der Waals surface area contributed by atoms with Crippen LogP contribution in [0.15, 0.2) is 18.0 Å². The highest BCUT2D eigenvalue weighted by atomic mass is 32.1. The van der Waals surface area contributed by atoms with Gasteiger partial charge in [-0.1, -0.05) is 90.0 Å². The maximum absolute atomic E-state index is 13.9. The summed E-state index contributed by atoms with van der Waals surface area (Å²) in [5.41, 5.74) is 14.9. The van der Waals surface area contributed by atoms with E-state index in [2.05, 4.69) is 70.9 Å². The van der Waals surface area contributed by atoms with Crippen molar-refractivity contribution in [2.45, 2.75) is 155 Å². The Bertz CT molecular complexity index is 2650. The van der Waals surface area contributed by atoms with Gasteiger partial charge in [0, 0.05) is 20.6 Å². The fourth-order valence-corrected chi connectivity index (χ4v) is 16.2. The Hall–Kier alpha value is -2.73. The number of allylic oxidation sites excluding steroid dienone is 1. The largest absolute Gasteiger partial charge is 0.472 e. The first-order valence-electron chi connectivity index (χ1n) is 25.9. The van der Waals surface area contributed by atoms with Crippen LogP contribution in [0.3, 0.4) is 0 Å². The molecule has 5 heterocycles. The number of anilines is 4. The van der Waals surface area contributed by atoms with Crippen LogP contribution in [0.2, 0.25) is 0 Å². The fourth-order valence-electron chi connectivity index (χ4n) is 13.8. The van der Waals surface area contributed by atoms with E-state index < -0.39 is 66.0 Å². The molecule has 4 fully saturated rings. The molecule has 73 heavy (non-hydrogen) atoms. The van der Waals surface area contributed by atoms with E-state index in [9.17, 15) is 19.7 Å². The predicted octanol–water partition coefficient (Wildman–Crippen LogP) is 8.80. The molecule has 21 nitrogen and oxygen atoms in total. The van der Waals surface area contributed by atoms with Gasteiger partial charge in [0.15, 0.2) is 17.7 Å². The minimum atomic E-state index is -4.71. The van der Waals surface area contributed by atoms with Gasteiger partial charge in [-0.25, -0.2) is 9.55 Å². The lowest BCUT2D eigenvalue weighted by Gasteiger charge is -2.58. The lowest BCUT2D eigenvalue weighted by atomic mass is 9.47. The topological polar surface area (TPSA) is 285 Å². The molecule has 0 spiro atoms. The molecule has 4 aliphatic carbocycles. The molecular formula is C48H76N10O11P2S2. The van der Waals surface area contributed by atoms with Gasteiger partial charge in [-0.05, 0) is 97.7 Å². The molecule has 0 radical (unpaired) electrons. The molecule has 2 aliphatic heterocycles. The number of nitrogens with one attached hydrogen (secondary N) is 3. The van der Waals surface area contributed by atoms with Gasteiger partial charge in [0.05, 0.1) is 38.4 Å². The summed E-state index contributed by atoms with van der Waals surface area (Å²) in [6.07, 6.45) is 9.08. The van der Waals surface area contributed by atoms with E-state index in [0.29, 0.717) is 51.6 Å². The number of ether oxygens (including phenoxy) is 2. The van der Waals surface area contributed by atoms with Crippen LogP contribution < -0.4 is 21.7 Å². The SMILES string of the molecule is COC(COP(=O)(O)OC1CCC2(C)C(=CCC3C2CCC2(C)C3CCC2[C@H](C)CCCC(C)C)C1)C(OP(OC)OCC1OC(n2cnc3c(=S)[nH]c(N)nc32)CC1O)C(O)N1CNc2c1nc(N)[nH]c2=S. The van der Waals surface area contributed by atoms with Gasteiger partial charge in [-0.2, -0.15) is 9.97 Å².